The molecule has 5 aliphatic rings. The van der Waals surface area contributed by atoms with E-state index in [0.29, 0.717) is 51.3 Å². The molecule has 3 aliphatic heterocycles. The van der Waals surface area contributed by atoms with Crippen LogP contribution in [0.25, 0.3) is 32.9 Å². The number of amides is 1. The third-order valence-corrected chi connectivity index (χ3v) is 12.6. The number of likely N-dealkylation sites (tertiary alicyclic amines) is 1. The summed E-state index contributed by atoms with van der Waals surface area (Å²) in [6.45, 7) is 2.95. The fourth-order valence-electron chi connectivity index (χ4n) is 8.67. The number of benzene rings is 2. The first-order valence-electron chi connectivity index (χ1n) is 17.5. The fraction of sp³-hybridized carbons (Fsp3) is 0.421. The van der Waals surface area contributed by atoms with Crippen molar-refractivity contribution < 1.29 is 19.0 Å². The predicted molar refractivity (Wildman–Crippen MR) is 194 cm³/mol. The lowest BCUT2D eigenvalue weighted by Crippen LogP contribution is -2.41. The Morgan fingerprint density at radius 3 is 2.78 bits per heavy atom. The number of pyridine rings is 1. The van der Waals surface area contributed by atoms with Gasteiger partial charge in [0.2, 0.25) is 5.91 Å². The minimum atomic E-state index is -1.01. The average Bonchev–Trinajstić information content (AvgIpc) is 3.61. The molecule has 2 N–H and O–H groups in total. The van der Waals surface area contributed by atoms with E-state index in [0.717, 1.165) is 42.4 Å². The van der Waals surface area contributed by atoms with Crippen molar-refractivity contribution >= 4 is 62.3 Å². The summed E-state index contributed by atoms with van der Waals surface area (Å²) in [6.07, 6.45) is 4.25. The number of aryl methyl sites for hydroxylation is 1. The zero-order chi connectivity index (χ0) is 35.1. The Kier molecular flexibility index (Phi) is 8.24. The summed E-state index contributed by atoms with van der Waals surface area (Å²) in [7, 11) is 0. The molecule has 0 unspecified atom stereocenters. The highest BCUT2D eigenvalue weighted by Crippen LogP contribution is 2.52. The molecule has 13 heteroatoms. The molecule has 3 aromatic heterocycles. The van der Waals surface area contributed by atoms with Crippen LogP contribution >= 0.6 is 34.5 Å². The number of hydrogen-bond donors (Lipinski definition) is 2. The molecule has 2 aromatic carbocycles. The molecule has 51 heavy (non-hydrogen) atoms. The van der Waals surface area contributed by atoms with Gasteiger partial charge in [-0.1, -0.05) is 46.7 Å². The number of nitrogens with zero attached hydrogens (tertiary/aromatic N) is 5. The Balaban J connectivity index is 1.31. The van der Waals surface area contributed by atoms with Crippen molar-refractivity contribution in [1.29, 1.82) is 5.26 Å². The van der Waals surface area contributed by atoms with Gasteiger partial charge in [0.05, 0.1) is 52.1 Å². The zero-order valence-corrected chi connectivity index (χ0v) is 30.1. The highest BCUT2D eigenvalue weighted by Gasteiger charge is 2.51. The van der Waals surface area contributed by atoms with Gasteiger partial charge in [-0.2, -0.15) is 5.26 Å². The third-order valence-electron chi connectivity index (χ3n) is 11.2. The number of aliphatic hydroxyl groups is 1. The van der Waals surface area contributed by atoms with Crippen LogP contribution in [0.1, 0.15) is 74.2 Å². The number of nitrogens with one attached hydrogen (secondary N) is 1. The topological polar surface area (TPSA) is 116 Å². The molecule has 0 radical (unpaired) electrons. The number of nitriles is 1. The van der Waals surface area contributed by atoms with E-state index in [1.807, 2.05) is 16.3 Å². The molecule has 2 saturated carbocycles. The highest BCUT2D eigenvalue weighted by atomic mass is 35.5. The van der Waals surface area contributed by atoms with Crippen LogP contribution in [0, 0.1) is 29.0 Å². The molecule has 10 rings (SSSR count). The third kappa shape index (κ3) is 5.41. The standard InChI is InChI=1S/C38H35Cl2FN6O3S/c1-18(48)33-25-15-29(28-14-22(50-38-43-10-11-51-38)17-46(28)37(49)19-7-8-19)47(35-21-13-27(35)44-16-21)36(25)24-12-20(4-3-9-42)30(32(41)34(24)45-33)23-5-2-6-26(39)31(23)40/h2,5-6,10-12,15,18-19,21-22,27-28,35,44,48H,3-4,7-8,13-14,16-17H2,1H3/t18-,21-,22+,27-,28-,35+/m1/s1. The van der Waals surface area contributed by atoms with Gasteiger partial charge in [0.25, 0.3) is 5.19 Å². The first-order chi connectivity index (χ1) is 24.7. The molecular formula is C38H35Cl2FN6O3S. The molecular weight excluding hydrogens is 710 g/mol. The largest absolute Gasteiger partial charge is 0.465 e. The number of carbonyl (C=O) groups excluding carboxylic acids is 1. The van der Waals surface area contributed by atoms with Crippen LogP contribution in [-0.4, -0.2) is 55.7 Å². The lowest BCUT2D eigenvalue weighted by Gasteiger charge is -2.39. The molecule has 3 saturated heterocycles. The van der Waals surface area contributed by atoms with Crippen molar-refractivity contribution in [3.05, 3.63) is 74.7 Å². The molecule has 9 nitrogen and oxygen atoms in total. The van der Waals surface area contributed by atoms with E-state index >= 15 is 4.39 Å². The van der Waals surface area contributed by atoms with Gasteiger partial charge in [-0.05, 0) is 62.3 Å². The average molecular weight is 746 g/mol. The Hall–Kier alpha value is -3.79. The molecule has 262 valence electrons. The summed E-state index contributed by atoms with van der Waals surface area (Å²) in [5, 5.41) is 28.8. The van der Waals surface area contributed by atoms with Crippen LogP contribution < -0.4 is 10.1 Å². The number of thiazole rings is 1. The first-order valence-corrected chi connectivity index (χ1v) is 19.2. The maximum atomic E-state index is 17.3. The van der Waals surface area contributed by atoms with E-state index in [1.54, 1.807) is 31.3 Å². The van der Waals surface area contributed by atoms with Crippen LogP contribution in [0.15, 0.2) is 41.9 Å². The lowest BCUT2D eigenvalue weighted by atomic mass is 9.79. The van der Waals surface area contributed by atoms with Crippen molar-refractivity contribution in [2.45, 2.75) is 75.8 Å². The van der Waals surface area contributed by atoms with Crippen molar-refractivity contribution in [1.82, 2.24) is 24.8 Å². The molecule has 1 amide bonds. The van der Waals surface area contributed by atoms with Gasteiger partial charge in [0, 0.05) is 70.5 Å². The zero-order valence-electron chi connectivity index (χ0n) is 27.8. The summed E-state index contributed by atoms with van der Waals surface area (Å²) in [6, 6.07) is 11.3. The summed E-state index contributed by atoms with van der Waals surface area (Å²) in [5.74, 6) is -0.0926. The maximum absolute atomic E-state index is 17.3. The van der Waals surface area contributed by atoms with Crippen molar-refractivity contribution in [3.8, 4) is 22.4 Å². The van der Waals surface area contributed by atoms with E-state index in [9.17, 15) is 15.2 Å². The number of aromatic nitrogens is 3. The van der Waals surface area contributed by atoms with E-state index < -0.39 is 11.9 Å². The van der Waals surface area contributed by atoms with Gasteiger partial charge in [-0.25, -0.2) is 14.4 Å². The second kappa shape index (κ2) is 12.7. The first kappa shape index (κ1) is 33.1. The molecule has 6 heterocycles. The van der Waals surface area contributed by atoms with Crippen LogP contribution in [0.4, 0.5) is 4.39 Å². The second-order valence-corrected chi connectivity index (χ2v) is 16.0. The van der Waals surface area contributed by atoms with Crippen molar-refractivity contribution in [2.24, 2.45) is 11.8 Å². The molecule has 0 spiro atoms. The van der Waals surface area contributed by atoms with Crippen molar-refractivity contribution in [3.63, 3.8) is 0 Å². The predicted octanol–water partition coefficient (Wildman–Crippen LogP) is 7.93. The molecule has 2 bridgehead atoms. The Morgan fingerprint density at radius 2 is 2.10 bits per heavy atom. The quantitative estimate of drug-likeness (QED) is 0.158. The number of hydrogen-bond acceptors (Lipinski definition) is 8. The SMILES string of the molecule is C[C@@H](O)c1nc2c(F)c(-c3cccc(Cl)c3Cl)c(CCC#N)cc2c2c1cc([C@H]1C[C@H](Oc3nccs3)CN1C(=O)C1CC1)n2[C@H]1[C@H]2CN[C@@H]1C2. The Morgan fingerprint density at radius 1 is 1.25 bits per heavy atom. The number of halogens is 3. The van der Waals surface area contributed by atoms with Gasteiger partial charge in [0.1, 0.15) is 11.6 Å². The Labute approximate surface area is 307 Å². The van der Waals surface area contributed by atoms with Gasteiger partial charge in [0.15, 0.2) is 5.82 Å². The second-order valence-electron chi connectivity index (χ2n) is 14.3. The van der Waals surface area contributed by atoms with Crippen LogP contribution in [0.2, 0.25) is 10.0 Å². The maximum Gasteiger partial charge on any atom is 0.273 e. The van der Waals surface area contributed by atoms with Crippen LogP contribution in [0.3, 0.4) is 0 Å². The van der Waals surface area contributed by atoms with E-state index in [4.69, 9.17) is 32.9 Å². The van der Waals surface area contributed by atoms with E-state index in [1.165, 1.54) is 11.3 Å². The number of ether oxygens (including phenoxy) is 1. The smallest absolute Gasteiger partial charge is 0.273 e. The van der Waals surface area contributed by atoms with Crippen molar-refractivity contribution in [2.75, 3.05) is 13.1 Å². The Bertz CT molecular complexity index is 2240. The summed E-state index contributed by atoms with van der Waals surface area (Å²) < 4.78 is 26.0. The number of rotatable bonds is 9. The monoisotopic (exact) mass is 744 g/mol. The molecule has 2 aliphatic carbocycles. The molecule has 5 fully saturated rings. The number of fused-ring (bicyclic) bond motifs is 4. The number of aliphatic hydroxyl groups excluding tert-OH is 1. The van der Waals surface area contributed by atoms with Crippen LogP contribution in [0.5, 0.6) is 5.19 Å². The highest BCUT2D eigenvalue weighted by molar-refractivity contribution is 7.11. The minimum Gasteiger partial charge on any atom is -0.465 e. The van der Waals surface area contributed by atoms with Crippen LogP contribution in [-0.2, 0) is 11.2 Å². The summed E-state index contributed by atoms with van der Waals surface area (Å²) in [4.78, 5) is 25.1. The van der Waals surface area contributed by atoms with Gasteiger partial charge in [-0.3, -0.25) is 4.79 Å². The fourth-order valence-corrected chi connectivity index (χ4v) is 9.62. The normalized spacial score (nSPS) is 24.6. The molecule has 5 aromatic rings. The van der Waals surface area contributed by atoms with Gasteiger partial charge in [-0.15, -0.1) is 0 Å². The van der Waals surface area contributed by atoms with E-state index in [-0.39, 0.29) is 65.0 Å². The number of carbonyl (C=O) groups is 1. The molecule has 6 atom stereocenters. The lowest BCUT2D eigenvalue weighted by molar-refractivity contribution is -0.133. The minimum absolute atomic E-state index is 0.00883. The summed E-state index contributed by atoms with van der Waals surface area (Å²) in [5.41, 5.74) is 3.46. The van der Waals surface area contributed by atoms with Gasteiger partial charge < -0.3 is 24.6 Å². The summed E-state index contributed by atoms with van der Waals surface area (Å²) >= 11 is 14.5. The van der Waals surface area contributed by atoms with Gasteiger partial charge >= 0.3 is 0 Å². The van der Waals surface area contributed by atoms with E-state index in [2.05, 4.69) is 27.0 Å².